The van der Waals surface area contributed by atoms with E-state index < -0.39 is 0 Å². The predicted molar refractivity (Wildman–Crippen MR) is 102 cm³/mol. The number of nitrogens with zero attached hydrogens (tertiary/aromatic N) is 3. The monoisotopic (exact) mass is 363 g/mol. The van der Waals surface area contributed by atoms with Crippen LogP contribution < -0.4 is 9.64 Å². The largest absolute Gasteiger partial charge is 0.486 e. The average molecular weight is 363 g/mol. The summed E-state index contributed by atoms with van der Waals surface area (Å²) in [5.74, 6) is 0.416. The van der Waals surface area contributed by atoms with Gasteiger partial charge in [0.05, 0.1) is 16.9 Å². The summed E-state index contributed by atoms with van der Waals surface area (Å²) in [6.07, 6.45) is 0. The van der Waals surface area contributed by atoms with Crippen LogP contribution in [0.15, 0.2) is 53.9 Å². The van der Waals surface area contributed by atoms with E-state index in [0.29, 0.717) is 22.1 Å². The molecule has 130 valence electrons. The lowest BCUT2D eigenvalue weighted by Gasteiger charge is -2.18. The zero-order chi connectivity index (χ0) is 18.5. The van der Waals surface area contributed by atoms with E-state index in [1.807, 2.05) is 42.6 Å². The molecular formula is C20H17N3O2S. The van der Waals surface area contributed by atoms with Gasteiger partial charge in [-0.05, 0) is 36.8 Å². The SMILES string of the molecule is CC(=O)N(c1cccc(C)c1)c1nc(COc2ccccc2C#N)cs1. The highest BCUT2D eigenvalue weighted by Crippen LogP contribution is 2.30. The Kier molecular flexibility index (Phi) is 5.30. The third-order valence-corrected chi connectivity index (χ3v) is 4.56. The van der Waals surface area contributed by atoms with Crippen LogP contribution in [0, 0.1) is 18.3 Å². The zero-order valence-electron chi connectivity index (χ0n) is 14.5. The highest BCUT2D eigenvalue weighted by molar-refractivity contribution is 7.14. The van der Waals surface area contributed by atoms with Crippen molar-refractivity contribution < 1.29 is 9.53 Å². The van der Waals surface area contributed by atoms with Crippen LogP contribution in [0.1, 0.15) is 23.7 Å². The molecule has 0 bridgehead atoms. The Morgan fingerprint density at radius 3 is 2.81 bits per heavy atom. The van der Waals surface area contributed by atoms with Crippen molar-refractivity contribution in [3.05, 3.63) is 70.7 Å². The molecule has 1 heterocycles. The molecule has 26 heavy (non-hydrogen) atoms. The van der Waals surface area contributed by atoms with Crippen molar-refractivity contribution in [2.75, 3.05) is 4.90 Å². The number of ether oxygens (including phenoxy) is 1. The van der Waals surface area contributed by atoms with Crippen molar-refractivity contribution in [3.8, 4) is 11.8 Å². The molecule has 0 fully saturated rings. The minimum Gasteiger partial charge on any atom is -0.486 e. The van der Waals surface area contributed by atoms with Crippen LogP contribution in [0.3, 0.4) is 0 Å². The van der Waals surface area contributed by atoms with Crippen molar-refractivity contribution in [1.29, 1.82) is 5.26 Å². The number of benzene rings is 2. The fourth-order valence-corrected chi connectivity index (χ4v) is 3.37. The molecule has 2 aromatic carbocycles. The molecule has 0 aliphatic heterocycles. The van der Waals surface area contributed by atoms with Gasteiger partial charge in [-0.25, -0.2) is 4.98 Å². The lowest BCUT2D eigenvalue weighted by Crippen LogP contribution is -2.22. The topological polar surface area (TPSA) is 66.2 Å². The van der Waals surface area contributed by atoms with Gasteiger partial charge >= 0.3 is 0 Å². The molecular weight excluding hydrogens is 346 g/mol. The number of thiazole rings is 1. The Morgan fingerprint density at radius 2 is 2.08 bits per heavy atom. The van der Waals surface area contributed by atoms with Crippen LogP contribution in [0.5, 0.6) is 5.75 Å². The fraction of sp³-hybridized carbons (Fsp3) is 0.150. The molecule has 0 unspecified atom stereocenters. The van der Waals surface area contributed by atoms with E-state index in [9.17, 15) is 4.79 Å². The van der Waals surface area contributed by atoms with E-state index in [2.05, 4.69) is 11.1 Å². The molecule has 0 saturated carbocycles. The minimum absolute atomic E-state index is 0.104. The Bertz CT molecular complexity index is 975. The molecule has 0 atom stereocenters. The summed E-state index contributed by atoms with van der Waals surface area (Å²) in [4.78, 5) is 18.3. The number of hydrogen-bond donors (Lipinski definition) is 0. The summed E-state index contributed by atoms with van der Waals surface area (Å²) >= 11 is 1.38. The van der Waals surface area contributed by atoms with Crippen LogP contribution in [-0.4, -0.2) is 10.9 Å². The highest BCUT2D eigenvalue weighted by Gasteiger charge is 2.18. The number of amides is 1. The first-order valence-corrected chi connectivity index (χ1v) is 8.90. The Labute approximate surface area is 156 Å². The van der Waals surface area contributed by atoms with Crippen LogP contribution in [-0.2, 0) is 11.4 Å². The van der Waals surface area contributed by atoms with E-state index in [1.54, 1.807) is 23.1 Å². The molecule has 0 aliphatic carbocycles. The first-order valence-electron chi connectivity index (χ1n) is 8.02. The normalized spacial score (nSPS) is 10.2. The molecule has 3 rings (SSSR count). The summed E-state index contributed by atoms with van der Waals surface area (Å²) in [6.45, 7) is 3.73. The van der Waals surface area contributed by atoms with Gasteiger partial charge < -0.3 is 4.74 Å². The smallest absolute Gasteiger partial charge is 0.230 e. The van der Waals surface area contributed by atoms with Gasteiger partial charge in [0.15, 0.2) is 5.13 Å². The van der Waals surface area contributed by atoms with Gasteiger partial charge in [-0.15, -0.1) is 11.3 Å². The number of para-hydroxylation sites is 1. The van der Waals surface area contributed by atoms with Crippen molar-refractivity contribution in [3.63, 3.8) is 0 Å². The van der Waals surface area contributed by atoms with E-state index in [1.165, 1.54) is 18.3 Å². The second kappa shape index (κ2) is 7.81. The number of nitriles is 1. The zero-order valence-corrected chi connectivity index (χ0v) is 15.3. The van der Waals surface area contributed by atoms with Gasteiger partial charge in [-0.1, -0.05) is 24.3 Å². The van der Waals surface area contributed by atoms with Gasteiger partial charge in [-0.2, -0.15) is 5.26 Å². The second-order valence-electron chi connectivity index (χ2n) is 5.71. The van der Waals surface area contributed by atoms with Crippen molar-refractivity contribution in [2.45, 2.75) is 20.5 Å². The summed E-state index contributed by atoms with van der Waals surface area (Å²) < 4.78 is 5.71. The molecule has 0 radical (unpaired) electrons. The van der Waals surface area contributed by atoms with Gasteiger partial charge in [-0.3, -0.25) is 9.69 Å². The summed E-state index contributed by atoms with van der Waals surface area (Å²) in [6, 6.07) is 16.9. The third kappa shape index (κ3) is 3.90. The van der Waals surface area contributed by atoms with Crippen LogP contribution >= 0.6 is 11.3 Å². The summed E-state index contributed by atoms with van der Waals surface area (Å²) in [5, 5.41) is 11.6. The van der Waals surface area contributed by atoms with Crippen LogP contribution in [0.4, 0.5) is 10.8 Å². The van der Waals surface area contributed by atoms with Crippen LogP contribution in [0.2, 0.25) is 0 Å². The number of anilines is 2. The fourth-order valence-electron chi connectivity index (χ4n) is 2.50. The highest BCUT2D eigenvalue weighted by atomic mass is 32.1. The molecule has 5 nitrogen and oxygen atoms in total. The predicted octanol–water partition coefficient (Wildman–Crippen LogP) is 4.59. The number of aromatic nitrogens is 1. The average Bonchev–Trinajstić information content (AvgIpc) is 3.08. The van der Waals surface area contributed by atoms with Crippen molar-refractivity contribution in [1.82, 2.24) is 4.98 Å². The van der Waals surface area contributed by atoms with Gasteiger partial charge in [0.1, 0.15) is 18.4 Å². The van der Waals surface area contributed by atoms with Gasteiger partial charge in [0, 0.05) is 12.3 Å². The third-order valence-electron chi connectivity index (χ3n) is 3.69. The molecule has 1 aromatic heterocycles. The molecule has 0 N–H and O–H groups in total. The second-order valence-corrected chi connectivity index (χ2v) is 6.55. The van der Waals surface area contributed by atoms with E-state index in [-0.39, 0.29) is 12.5 Å². The molecule has 3 aromatic rings. The number of carbonyl (C=O) groups is 1. The maximum atomic E-state index is 12.2. The van der Waals surface area contributed by atoms with Gasteiger partial charge in [0.2, 0.25) is 5.91 Å². The maximum Gasteiger partial charge on any atom is 0.230 e. The Morgan fingerprint density at radius 1 is 1.27 bits per heavy atom. The molecule has 0 spiro atoms. The first kappa shape index (κ1) is 17.6. The Hall–Kier alpha value is -3.17. The standard InChI is InChI=1S/C20H17N3O2S/c1-14-6-5-8-18(10-14)23(15(2)24)20-22-17(13-26-20)12-25-19-9-4-3-7-16(19)11-21/h3-10,13H,12H2,1-2H3. The summed E-state index contributed by atoms with van der Waals surface area (Å²) in [5.41, 5.74) is 3.04. The summed E-state index contributed by atoms with van der Waals surface area (Å²) in [7, 11) is 0. The minimum atomic E-state index is -0.104. The van der Waals surface area contributed by atoms with Crippen LogP contribution in [0.25, 0.3) is 0 Å². The molecule has 6 heteroatoms. The lowest BCUT2D eigenvalue weighted by atomic mass is 10.2. The number of carbonyl (C=O) groups excluding carboxylic acids is 1. The van der Waals surface area contributed by atoms with E-state index in [0.717, 1.165) is 11.3 Å². The maximum absolute atomic E-state index is 12.2. The number of hydrogen-bond acceptors (Lipinski definition) is 5. The van der Waals surface area contributed by atoms with Gasteiger partial charge in [0.25, 0.3) is 0 Å². The molecule has 0 aliphatic rings. The number of aryl methyl sites for hydroxylation is 1. The molecule has 1 amide bonds. The van der Waals surface area contributed by atoms with Crippen molar-refractivity contribution in [2.24, 2.45) is 0 Å². The van der Waals surface area contributed by atoms with E-state index >= 15 is 0 Å². The molecule has 0 saturated heterocycles. The first-order chi connectivity index (χ1) is 12.6. The number of rotatable bonds is 5. The quantitative estimate of drug-likeness (QED) is 0.665. The Balaban J connectivity index is 1.80. The van der Waals surface area contributed by atoms with Crippen molar-refractivity contribution >= 4 is 28.1 Å². The lowest BCUT2D eigenvalue weighted by molar-refractivity contribution is -0.115. The van der Waals surface area contributed by atoms with E-state index in [4.69, 9.17) is 10.00 Å².